The maximum absolute atomic E-state index is 13.6. The van der Waals surface area contributed by atoms with Gasteiger partial charge in [-0.1, -0.05) is 26.0 Å². The molecule has 34 heavy (non-hydrogen) atoms. The number of nitrogens with one attached hydrogen (secondary N) is 1. The Hall–Kier alpha value is -2.78. The molecule has 2 aromatic rings. The molecular weight excluding hydrogens is 468 g/mol. The van der Waals surface area contributed by atoms with Crippen molar-refractivity contribution in [3.05, 3.63) is 50.4 Å². The van der Waals surface area contributed by atoms with Gasteiger partial charge in [-0.2, -0.15) is 5.10 Å². The maximum atomic E-state index is 13.6. The number of hydrogen-bond acceptors (Lipinski definition) is 6. The van der Waals surface area contributed by atoms with Gasteiger partial charge in [-0.3, -0.25) is 14.5 Å². The fourth-order valence-corrected chi connectivity index (χ4v) is 6.80. The molecule has 4 amide bonds. The van der Waals surface area contributed by atoms with Gasteiger partial charge in [0.05, 0.1) is 11.8 Å². The molecule has 1 N–H and O–H groups in total. The fourth-order valence-electron chi connectivity index (χ4n) is 5.25. The van der Waals surface area contributed by atoms with Crippen LogP contribution < -0.4 is 5.32 Å². The molecule has 5 rings (SSSR count). The molecule has 4 heterocycles. The zero-order chi connectivity index (χ0) is 23.9. The summed E-state index contributed by atoms with van der Waals surface area (Å²) in [5.41, 5.74) is 1.20. The van der Waals surface area contributed by atoms with Gasteiger partial charge in [0.25, 0.3) is 11.8 Å². The first-order valence-electron chi connectivity index (χ1n) is 11.8. The molecule has 2 aromatic heterocycles. The minimum absolute atomic E-state index is 0.107. The van der Waals surface area contributed by atoms with E-state index in [2.05, 4.69) is 22.8 Å². The quantitative estimate of drug-likeness (QED) is 0.569. The van der Waals surface area contributed by atoms with E-state index in [9.17, 15) is 14.4 Å². The third kappa shape index (κ3) is 3.80. The van der Waals surface area contributed by atoms with Crippen molar-refractivity contribution in [2.45, 2.75) is 57.5 Å². The van der Waals surface area contributed by atoms with Crippen LogP contribution in [0.3, 0.4) is 0 Å². The van der Waals surface area contributed by atoms with Crippen molar-refractivity contribution in [3.63, 3.8) is 0 Å². The van der Waals surface area contributed by atoms with Gasteiger partial charge in [0, 0.05) is 15.7 Å². The van der Waals surface area contributed by atoms with E-state index in [1.165, 1.54) is 15.5 Å². The Bertz CT molecular complexity index is 1150. The van der Waals surface area contributed by atoms with E-state index in [4.69, 9.17) is 5.10 Å². The van der Waals surface area contributed by atoms with Crippen molar-refractivity contribution >= 4 is 52.3 Å². The Kier molecular flexibility index (Phi) is 6.16. The van der Waals surface area contributed by atoms with Crippen molar-refractivity contribution in [1.29, 1.82) is 0 Å². The third-order valence-corrected chi connectivity index (χ3v) is 8.96. The second-order valence-corrected chi connectivity index (χ2v) is 10.9. The van der Waals surface area contributed by atoms with Crippen LogP contribution in [0.1, 0.15) is 61.7 Å². The lowest BCUT2D eigenvalue weighted by atomic mass is 9.79. The zero-order valence-electron chi connectivity index (χ0n) is 19.3. The molecule has 3 aliphatic rings. The lowest BCUT2D eigenvalue weighted by Gasteiger charge is -2.29. The van der Waals surface area contributed by atoms with E-state index in [1.807, 2.05) is 37.4 Å². The van der Waals surface area contributed by atoms with Crippen molar-refractivity contribution in [3.8, 4) is 0 Å². The molecule has 2 aliphatic heterocycles. The molecule has 7 nitrogen and oxygen atoms in total. The van der Waals surface area contributed by atoms with Gasteiger partial charge in [-0.25, -0.2) is 9.80 Å². The normalized spacial score (nSPS) is 25.0. The van der Waals surface area contributed by atoms with Crippen LogP contribution in [0.2, 0.25) is 0 Å². The summed E-state index contributed by atoms with van der Waals surface area (Å²) < 4.78 is 0. The molecule has 178 valence electrons. The van der Waals surface area contributed by atoms with Gasteiger partial charge >= 0.3 is 6.03 Å². The van der Waals surface area contributed by atoms with E-state index in [0.717, 1.165) is 34.8 Å². The molecule has 0 bridgehead atoms. The first kappa shape index (κ1) is 23.0. The summed E-state index contributed by atoms with van der Waals surface area (Å²) in [5.74, 6) is -0.551. The van der Waals surface area contributed by atoms with Gasteiger partial charge in [-0.05, 0) is 66.6 Å². The highest BCUT2D eigenvalue weighted by Gasteiger charge is 2.51. The van der Waals surface area contributed by atoms with Crippen LogP contribution in [-0.4, -0.2) is 45.5 Å². The van der Waals surface area contributed by atoms with Crippen molar-refractivity contribution in [1.82, 2.24) is 15.2 Å². The third-order valence-electron chi connectivity index (χ3n) is 7.20. The number of carbonyl (C=O) groups excluding carboxylic acids is 3. The van der Waals surface area contributed by atoms with Gasteiger partial charge in [-0.15, -0.1) is 22.7 Å². The molecule has 2 atom stereocenters. The van der Waals surface area contributed by atoms with Gasteiger partial charge in [0.1, 0.15) is 12.1 Å². The Balaban J connectivity index is 1.46. The maximum Gasteiger partial charge on any atom is 0.325 e. The van der Waals surface area contributed by atoms with E-state index < -0.39 is 11.6 Å². The van der Waals surface area contributed by atoms with Gasteiger partial charge in [0.15, 0.2) is 0 Å². The standard InChI is InChI=1S/C25H28N4O3S2/c1-3-25(4-2)23(31)28(24(32)26-25)15-20(30)29-22(19-11-7-13-34-19)18-10-5-8-16(21(18)27-29)14-17-9-6-12-33-17/h6-7,9,11-14,18,22H,3-5,8,10,15H2,1-2H3,(H,26,32)/b16-14-. The first-order chi connectivity index (χ1) is 16.5. The number of hydrogen-bond donors (Lipinski definition) is 1. The molecule has 1 saturated carbocycles. The number of amides is 4. The molecular formula is C25H28N4O3S2. The summed E-state index contributed by atoms with van der Waals surface area (Å²) in [7, 11) is 0. The summed E-state index contributed by atoms with van der Waals surface area (Å²) >= 11 is 3.29. The first-order valence-corrected chi connectivity index (χ1v) is 13.6. The van der Waals surface area contributed by atoms with Crippen molar-refractivity contribution < 1.29 is 14.4 Å². The number of thiophene rings is 2. The highest BCUT2D eigenvalue weighted by Crippen LogP contribution is 2.45. The minimum Gasteiger partial charge on any atom is -0.323 e. The van der Waals surface area contributed by atoms with E-state index in [0.29, 0.717) is 12.8 Å². The lowest BCUT2D eigenvalue weighted by molar-refractivity contribution is -0.140. The second-order valence-electron chi connectivity index (χ2n) is 8.98. The summed E-state index contributed by atoms with van der Waals surface area (Å²) in [6.45, 7) is 3.44. The van der Waals surface area contributed by atoms with Gasteiger partial charge < -0.3 is 5.32 Å². The van der Waals surface area contributed by atoms with Crippen molar-refractivity contribution in [2.75, 3.05) is 6.54 Å². The number of imide groups is 1. The van der Waals surface area contributed by atoms with E-state index in [1.54, 1.807) is 22.7 Å². The number of hydrazone groups is 1. The summed E-state index contributed by atoms with van der Waals surface area (Å²) in [6.07, 6.45) is 6.07. The van der Waals surface area contributed by atoms with Crippen LogP contribution >= 0.6 is 22.7 Å². The molecule has 1 saturated heterocycles. The SMILES string of the molecule is CCC1(CC)NC(=O)N(CC(=O)N2N=C3/C(=C\c4cccs4)CCCC3C2c2cccs2)C1=O. The summed E-state index contributed by atoms with van der Waals surface area (Å²) in [5, 5.41) is 13.3. The lowest BCUT2D eigenvalue weighted by Crippen LogP contribution is -2.46. The average Bonchev–Trinajstić information content (AvgIpc) is 3.63. The number of allylic oxidation sites excluding steroid dienone is 1. The summed E-state index contributed by atoms with van der Waals surface area (Å²) in [4.78, 5) is 42.6. The van der Waals surface area contributed by atoms with Crippen LogP contribution in [0.25, 0.3) is 6.08 Å². The molecule has 2 unspecified atom stereocenters. The molecule has 0 spiro atoms. The monoisotopic (exact) mass is 496 g/mol. The molecule has 0 radical (unpaired) electrons. The molecule has 1 aliphatic carbocycles. The largest absolute Gasteiger partial charge is 0.325 e. The molecule has 9 heteroatoms. The smallest absolute Gasteiger partial charge is 0.323 e. The Morgan fingerprint density at radius 3 is 2.62 bits per heavy atom. The van der Waals surface area contributed by atoms with E-state index in [-0.39, 0.29) is 30.3 Å². The average molecular weight is 497 g/mol. The van der Waals surface area contributed by atoms with Crippen LogP contribution in [-0.2, 0) is 9.59 Å². The predicted octanol–water partition coefficient (Wildman–Crippen LogP) is 5.04. The van der Waals surface area contributed by atoms with Crippen LogP contribution in [0.4, 0.5) is 4.79 Å². The Morgan fingerprint density at radius 2 is 1.97 bits per heavy atom. The van der Waals surface area contributed by atoms with E-state index >= 15 is 0 Å². The Morgan fingerprint density at radius 1 is 1.21 bits per heavy atom. The number of urea groups is 1. The summed E-state index contributed by atoms with van der Waals surface area (Å²) in [6, 6.07) is 7.43. The minimum atomic E-state index is -0.925. The predicted molar refractivity (Wildman–Crippen MR) is 135 cm³/mol. The highest BCUT2D eigenvalue weighted by atomic mass is 32.1. The number of nitrogens with zero attached hydrogens (tertiary/aromatic N) is 3. The van der Waals surface area contributed by atoms with Crippen LogP contribution in [0, 0.1) is 5.92 Å². The molecule has 2 fully saturated rings. The van der Waals surface area contributed by atoms with Crippen molar-refractivity contribution in [2.24, 2.45) is 11.0 Å². The second kappa shape index (κ2) is 9.11. The zero-order valence-corrected chi connectivity index (χ0v) is 21.0. The van der Waals surface area contributed by atoms with Gasteiger partial charge in [0.2, 0.25) is 0 Å². The van der Waals surface area contributed by atoms with Crippen LogP contribution in [0.5, 0.6) is 0 Å². The van der Waals surface area contributed by atoms with Crippen LogP contribution in [0.15, 0.2) is 45.7 Å². The molecule has 0 aromatic carbocycles. The fraction of sp³-hybridized carbons (Fsp3) is 0.440. The number of fused-ring (bicyclic) bond motifs is 1. The highest BCUT2D eigenvalue weighted by molar-refractivity contribution is 7.11. The topological polar surface area (TPSA) is 82.1 Å². The Labute approximate surface area is 207 Å². The number of rotatable bonds is 6. The number of carbonyl (C=O) groups is 3.